The molecular formula is C29H23N3O2. The van der Waals surface area contributed by atoms with Crippen LogP contribution in [-0.4, -0.2) is 10.9 Å². The van der Waals surface area contributed by atoms with Crippen LogP contribution in [0.4, 0.5) is 11.5 Å². The van der Waals surface area contributed by atoms with Gasteiger partial charge in [0.15, 0.2) is 0 Å². The summed E-state index contributed by atoms with van der Waals surface area (Å²) < 4.78 is 5.90. The van der Waals surface area contributed by atoms with Crippen molar-refractivity contribution in [2.24, 2.45) is 0 Å². The first-order chi connectivity index (χ1) is 16.7. The number of nitrogens with zero attached hydrogens (tertiary/aromatic N) is 1. The van der Waals surface area contributed by atoms with Gasteiger partial charge in [0, 0.05) is 23.7 Å². The van der Waals surface area contributed by atoms with Crippen molar-refractivity contribution < 1.29 is 9.53 Å². The number of amides is 1. The number of pyridine rings is 1. The van der Waals surface area contributed by atoms with E-state index in [1.807, 2.05) is 109 Å². The van der Waals surface area contributed by atoms with Crippen molar-refractivity contribution in [3.63, 3.8) is 0 Å². The fourth-order valence-electron chi connectivity index (χ4n) is 3.70. The monoisotopic (exact) mass is 445 g/mol. The van der Waals surface area contributed by atoms with Gasteiger partial charge in [-0.25, -0.2) is 4.98 Å². The Hall–Kier alpha value is -4.64. The minimum atomic E-state index is -0.210. The molecule has 0 radical (unpaired) electrons. The fraction of sp³-hybridized carbons (Fsp3) is 0.0345. The van der Waals surface area contributed by atoms with Gasteiger partial charge in [0.1, 0.15) is 17.3 Å². The normalized spacial score (nSPS) is 10.6. The minimum Gasteiger partial charge on any atom is -0.457 e. The number of para-hydroxylation sites is 2. The molecule has 1 heterocycles. The number of anilines is 2. The zero-order chi connectivity index (χ0) is 23.2. The Morgan fingerprint density at radius 2 is 1.44 bits per heavy atom. The predicted molar refractivity (Wildman–Crippen MR) is 136 cm³/mol. The molecule has 0 fully saturated rings. The van der Waals surface area contributed by atoms with E-state index in [-0.39, 0.29) is 5.91 Å². The molecule has 0 saturated heterocycles. The SMILES string of the molecule is O=C(Nc1cccc(Oc2ccccc2)c1)c1cc(NCc2ccccc2)nc2ccccc12. The summed E-state index contributed by atoms with van der Waals surface area (Å²) in [5, 5.41) is 7.13. The third-order valence-corrected chi connectivity index (χ3v) is 5.35. The first kappa shape index (κ1) is 21.2. The van der Waals surface area contributed by atoms with E-state index in [2.05, 4.69) is 10.6 Å². The van der Waals surface area contributed by atoms with E-state index in [0.717, 1.165) is 22.2 Å². The van der Waals surface area contributed by atoms with Crippen molar-refractivity contribution in [3.8, 4) is 11.5 Å². The largest absolute Gasteiger partial charge is 0.457 e. The number of hydrogen-bond acceptors (Lipinski definition) is 4. The number of carbonyl (C=O) groups excluding carboxylic acids is 1. The summed E-state index contributed by atoms with van der Waals surface area (Å²) in [5.41, 5.74) is 3.10. The molecule has 0 spiro atoms. The molecule has 5 heteroatoms. The van der Waals surface area contributed by atoms with Gasteiger partial charge in [0.05, 0.1) is 11.1 Å². The van der Waals surface area contributed by atoms with Crippen LogP contribution >= 0.6 is 0 Å². The highest BCUT2D eigenvalue weighted by Crippen LogP contribution is 2.26. The van der Waals surface area contributed by atoms with Gasteiger partial charge in [-0.2, -0.15) is 0 Å². The lowest BCUT2D eigenvalue weighted by molar-refractivity contribution is 0.102. The number of rotatable bonds is 7. The second-order valence-electron chi connectivity index (χ2n) is 7.81. The van der Waals surface area contributed by atoms with Gasteiger partial charge in [-0.1, -0.05) is 72.8 Å². The van der Waals surface area contributed by atoms with Crippen LogP contribution in [-0.2, 0) is 6.54 Å². The highest BCUT2D eigenvalue weighted by Gasteiger charge is 2.14. The average Bonchev–Trinajstić information content (AvgIpc) is 2.88. The van der Waals surface area contributed by atoms with Gasteiger partial charge >= 0.3 is 0 Å². The van der Waals surface area contributed by atoms with Crippen LogP contribution in [0.15, 0.2) is 115 Å². The quantitative estimate of drug-likeness (QED) is 0.286. The van der Waals surface area contributed by atoms with Crippen LogP contribution in [0.1, 0.15) is 15.9 Å². The van der Waals surface area contributed by atoms with Crippen LogP contribution in [0.3, 0.4) is 0 Å². The van der Waals surface area contributed by atoms with Crippen molar-refractivity contribution in [2.75, 3.05) is 10.6 Å². The van der Waals surface area contributed by atoms with E-state index in [0.29, 0.717) is 29.4 Å². The molecule has 5 aromatic rings. The standard InChI is InChI=1S/C29H23N3O2/c33-29(31-22-12-9-15-24(18-22)34-23-13-5-2-6-14-23)26-19-28(30-20-21-10-3-1-4-11-21)32-27-17-8-7-16-25(26)27/h1-19H,20H2,(H,30,32)(H,31,33). The average molecular weight is 446 g/mol. The van der Waals surface area contributed by atoms with Gasteiger partial charge in [-0.05, 0) is 42.0 Å². The van der Waals surface area contributed by atoms with Crippen LogP contribution in [0.25, 0.3) is 10.9 Å². The highest BCUT2D eigenvalue weighted by atomic mass is 16.5. The zero-order valence-electron chi connectivity index (χ0n) is 18.4. The minimum absolute atomic E-state index is 0.210. The van der Waals surface area contributed by atoms with Gasteiger partial charge in [0.2, 0.25) is 0 Å². The Balaban J connectivity index is 1.38. The van der Waals surface area contributed by atoms with Crippen LogP contribution in [0.5, 0.6) is 11.5 Å². The second-order valence-corrected chi connectivity index (χ2v) is 7.81. The predicted octanol–water partition coefficient (Wildman–Crippen LogP) is 6.89. The van der Waals surface area contributed by atoms with E-state index in [1.54, 1.807) is 6.07 Å². The third kappa shape index (κ3) is 5.05. The molecule has 0 aliphatic carbocycles. The highest BCUT2D eigenvalue weighted by molar-refractivity contribution is 6.13. The lowest BCUT2D eigenvalue weighted by Crippen LogP contribution is -2.14. The first-order valence-corrected chi connectivity index (χ1v) is 11.1. The first-order valence-electron chi connectivity index (χ1n) is 11.1. The number of benzene rings is 4. The molecule has 34 heavy (non-hydrogen) atoms. The van der Waals surface area contributed by atoms with E-state index < -0.39 is 0 Å². The maximum atomic E-state index is 13.3. The molecule has 0 saturated carbocycles. The molecule has 0 aliphatic heterocycles. The van der Waals surface area contributed by atoms with E-state index in [1.165, 1.54) is 0 Å². The Kier molecular flexibility index (Phi) is 6.16. The maximum Gasteiger partial charge on any atom is 0.256 e. The number of fused-ring (bicyclic) bond motifs is 1. The van der Waals surface area contributed by atoms with Crippen molar-refractivity contribution >= 4 is 28.3 Å². The smallest absolute Gasteiger partial charge is 0.256 e. The molecule has 0 unspecified atom stereocenters. The third-order valence-electron chi connectivity index (χ3n) is 5.35. The summed E-state index contributed by atoms with van der Waals surface area (Å²) in [6.45, 7) is 0.617. The Labute approximate surface area is 198 Å². The summed E-state index contributed by atoms with van der Waals surface area (Å²) in [6.07, 6.45) is 0. The molecule has 1 aromatic heterocycles. The molecular weight excluding hydrogens is 422 g/mol. The number of ether oxygens (including phenoxy) is 1. The molecule has 0 bridgehead atoms. The number of hydrogen-bond donors (Lipinski definition) is 2. The maximum absolute atomic E-state index is 13.3. The summed E-state index contributed by atoms with van der Waals surface area (Å²) in [7, 11) is 0. The van der Waals surface area contributed by atoms with Crippen molar-refractivity contribution in [1.29, 1.82) is 0 Å². The molecule has 0 atom stereocenters. The topological polar surface area (TPSA) is 63.2 Å². The molecule has 1 amide bonds. The van der Waals surface area contributed by atoms with Crippen molar-refractivity contribution in [3.05, 3.63) is 126 Å². The molecule has 5 rings (SSSR count). The summed E-state index contributed by atoms with van der Waals surface area (Å²) in [6, 6.07) is 36.4. The Morgan fingerprint density at radius 1 is 0.735 bits per heavy atom. The molecule has 4 aromatic carbocycles. The number of nitrogens with one attached hydrogen (secondary N) is 2. The second kappa shape index (κ2) is 9.88. The van der Waals surface area contributed by atoms with E-state index >= 15 is 0 Å². The van der Waals surface area contributed by atoms with Gasteiger partial charge in [-0.3, -0.25) is 4.79 Å². The van der Waals surface area contributed by atoms with Crippen molar-refractivity contribution in [2.45, 2.75) is 6.54 Å². The summed E-state index contributed by atoms with van der Waals surface area (Å²) in [4.78, 5) is 18.0. The summed E-state index contributed by atoms with van der Waals surface area (Å²) in [5.74, 6) is 1.82. The number of aromatic nitrogens is 1. The molecule has 0 aliphatic rings. The molecule has 166 valence electrons. The Bertz CT molecular complexity index is 1420. The lowest BCUT2D eigenvalue weighted by Gasteiger charge is -2.13. The Morgan fingerprint density at radius 3 is 2.26 bits per heavy atom. The van der Waals surface area contributed by atoms with Gasteiger partial charge in [-0.15, -0.1) is 0 Å². The van der Waals surface area contributed by atoms with Crippen LogP contribution < -0.4 is 15.4 Å². The van der Waals surface area contributed by atoms with E-state index in [4.69, 9.17) is 9.72 Å². The fourth-order valence-corrected chi connectivity index (χ4v) is 3.70. The van der Waals surface area contributed by atoms with Gasteiger partial charge in [0.25, 0.3) is 5.91 Å². The number of carbonyl (C=O) groups is 1. The molecule has 2 N–H and O–H groups in total. The summed E-state index contributed by atoms with van der Waals surface area (Å²) >= 11 is 0. The van der Waals surface area contributed by atoms with Gasteiger partial charge < -0.3 is 15.4 Å². The van der Waals surface area contributed by atoms with E-state index in [9.17, 15) is 4.79 Å². The molecule has 5 nitrogen and oxygen atoms in total. The zero-order valence-corrected chi connectivity index (χ0v) is 18.4. The van der Waals surface area contributed by atoms with Crippen molar-refractivity contribution in [1.82, 2.24) is 4.98 Å². The van der Waals surface area contributed by atoms with Crippen LogP contribution in [0, 0.1) is 0 Å². The lowest BCUT2D eigenvalue weighted by atomic mass is 10.1. The van der Waals surface area contributed by atoms with Crippen LogP contribution in [0.2, 0.25) is 0 Å².